The lowest BCUT2D eigenvalue weighted by atomic mass is 10.1. The third-order valence-electron chi connectivity index (χ3n) is 5.35. The van der Waals surface area contributed by atoms with Gasteiger partial charge in [0.25, 0.3) is 5.91 Å². The van der Waals surface area contributed by atoms with E-state index in [1.165, 1.54) is 12.1 Å². The highest BCUT2D eigenvalue weighted by atomic mass is 32.2. The molecule has 1 aliphatic rings. The van der Waals surface area contributed by atoms with Gasteiger partial charge in [-0.05, 0) is 75.4 Å². The van der Waals surface area contributed by atoms with Gasteiger partial charge in [-0.2, -0.15) is 0 Å². The van der Waals surface area contributed by atoms with E-state index in [1.54, 1.807) is 33.1 Å². The lowest BCUT2D eigenvalue weighted by Gasteiger charge is -2.30. The van der Waals surface area contributed by atoms with Crippen molar-refractivity contribution < 1.29 is 17.9 Å². The lowest BCUT2D eigenvalue weighted by Crippen LogP contribution is -2.39. The molecule has 2 aromatic carbocycles. The Morgan fingerprint density at radius 3 is 2.37 bits per heavy atom. The van der Waals surface area contributed by atoms with Gasteiger partial charge in [-0.15, -0.1) is 0 Å². The van der Waals surface area contributed by atoms with Crippen LogP contribution in [0.3, 0.4) is 0 Å². The molecule has 0 aliphatic heterocycles. The Hall–Kier alpha value is -2.38. The molecule has 2 aromatic rings. The highest BCUT2D eigenvalue weighted by Crippen LogP contribution is 2.36. The molecule has 0 bridgehead atoms. The fraction of sp³-hybridized carbons (Fsp3) is 0.435. The molecule has 0 radical (unpaired) electrons. The summed E-state index contributed by atoms with van der Waals surface area (Å²) in [5.41, 5.74) is 1.38. The predicted octanol–water partition coefficient (Wildman–Crippen LogP) is 3.82. The molecule has 7 heteroatoms. The van der Waals surface area contributed by atoms with E-state index >= 15 is 0 Å². The molecule has 3 rings (SSSR count). The molecule has 30 heavy (non-hydrogen) atoms. The van der Waals surface area contributed by atoms with Crippen molar-refractivity contribution in [2.75, 3.05) is 7.11 Å². The van der Waals surface area contributed by atoms with Crippen LogP contribution in [-0.4, -0.2) is 38.4 Å². The number of amides is 1. The van der Waals surface area contributed by atoms with E-state index in [1.807, 2.05) is 29.2 Å². The molecule has 162 valence electrons. The van der Waals surface area contributed by atoms with Gasteiger partial charge in [0.2, 0.25) is 10.0 Å². The zero-order valence-electron chi connectivity index (χ0n) is 18.0. The molecule has 1 N–H and O–H groups in total. The quantitative estimate of drug-likeness (QED) is 0.656. The maximum absolute atomic E-state index is 13.4. The number of sulfonamides is 1. The molecule has 1 atom stereocenters. The van der Waals surface area contributed by atoms with Gasteiger partial charge >= 0.3 is 0 Å². The largest absolute Gasteiger partial charge is 0.497 e. The number of nitrogens with one attached hydrogen (secondary N) is 1. The standard InChI is InChI=1S/C23H30N2O4S/c1-16(2)24-30(27,28)22-7-5-6-20(14-22)23(26)25(17(3)19-10-11-19)15-18-8-12-21(29-4)13-9-18/h5-9,12-14,16-17,19,24H,10-11,15H2,1-4H3. The average Bonchev–Trinajstić information content (AvgIpc) is 3.56. The van der Waals surface area contributed by atoms with Gasteiger partial charge in [0, 0.05) is 24.2 Å². The van der Waals surface area contributed by atoms with Crippen LogP contribution in [0.1, 0.15) is 49.5 Å². The van der Waals surface area contributed by atoms with Crippen molar-refractivity contribution in [3.8, 4) is 5.75 Å². The van der Waals surface area contributed by atoms with Crippen LogP contribution in [-0.2, 0) is 16.6 Å². The third kappa shape index (κ3) is 5.40. The summed E-state index contributed by atoms with van der Waals surface area (Å²) in [6.45, 7) is 6.06. The number of carbonyl (C=O) groups is 1. The zero-order chi connectivity index (χ0) is 21.9. The smallest absolute Gasteiger partial charge is 0.254 e. The second-order valence-corrected chi connectivity index (χ2v) is 9.88. The van der Waals surface area contributed by atoms with Crippen LogP contribution in [0.4, 0.5) is 0 Å². The molecule has 1 amide bonds. The van der Waals surface area contributed by atoms with Crippen molar-refractivity contribution in [1.82, 2.24) is 9.62 Å². The second kappa shape index (κ2) is 9.18. The zero-order valence-corrected chi connectivity index (χ0v) is 18.8. The Labute approximate surface area is 179 Å². The second-order valence-electron chi connectivity index (χ2n) is 8.16. The Kier molecular flexibility index (Phi) is 6.83. The first-order chi connectivity index (χ1) is 14.2. The first kappa shape index (κ1) is 22.3. The summed E-state index contributed by atoms with van der Waals surface area (Å²) in [5, 5.41) is 0. The molecule has 1 unspecified atom stereocenters. The number of methoxy groups -OCH3 is 1. The summed E-state index contributed by atoms with van der Waals surface area (Å²) in [7, 11) is -2.05. The van der Waals surface area contributed by atoms with Gasteiger partial charge in [-0.25, -0.2) is 13.1 Å². The van der Waals surface area contributed by atoms with E-state index in [0.717, 1.165) is 24.2 Å². The van der Waals surface area contributed by atoms with Crippen LogP contribution in [0.15, 0.2) is 53.4 Å². The average molecular weight is 431 g/mol. The van der Waals surface area contributed by atoms with E-state index < -0.39 is 10.0 Å². The number of benzene rings is 2. The number of rotatable bonds is 9. The molecule has 6 nitrogen and oxygen atoms in total. The Morgan fingerprint density at radius 1 is 1.13 bits per heavy atom. The minimum atomic E-state index is -3.67. The highest BCUT2D eigenvalue weighted by Gasteiger charge is 2.35. The minimum Gasteiger partial charge on any atom is -0.497 e. The molecular formula is C23H30N2O4S. The summed E-state index contributed by atoms with van der Waals surface area (Å²) in [6, 6.07) is 13.8. The van der Waals surface area contributed by atoms with E-state index in [9.17, 15) is 13.2 Å². The molecule has 0 spiro atoms. The van der Waals surface area contributed by atoms with Crippen LogP contribution >= 0.6 is 0 Å². The number of nitrogens with zero attached hydrogens (tertiary/aromatic N) is 1. The Balaban J connectivity index is 1.88. The number of carbonyl (C=O) groups excluding carboxylic acids is 1. The SMILES string of the molecule is COc1ccc(CN(C(=O)c2cccc(S(=O)(=O)NC(C)C)c2)C(C)C2CC2)cc1. The van der Waals surface area contributed by atoms with Crippen molar-refractivity contribution in [2.24, 2.45) is 5.92 Å². The molecule has 0 aromatic heterocycles. The summed E-state index contributed by atoms with van der Waals surface area (Å²) >= 11 is 0. The van der Waals surface area contributed by atoms with Crippen molar-refractivity contribution in [3.63, 3.8) is 0 Å². The van der Waals surface area contributed by atoms with Crippen molar-refractivity contribution >= 4 is 15.9 Å². The molecule has 0 saturated heterocycles. The van der Waals surface area contributed by atoms with Gasteiger partial charge in [0.1, 0.15) is 5.75 Å². The summed E-state index contributed by atoms with van der Waals surface area (Å²) in [4.78, 5) is 15.4. The molecule has 0 heterocycles. The normalized spacial score (nSPS) is 15.1. The van der Waals surface area contributed by atoms with E-state index in [0.29, 0.717) is 18.0 Å². The van der Waals surface area contributed by atoms with Crippen molar-refractivity contribution in [1.29, 1.82) is 0 Å². The van der Waals surface area contributed by atoms with Crippen molar-refractivity contribution in [3.05, 3.63) is 59.7 Å². The highest BCUT2D eigenvalue weighted by molar-refractivity contribution is 7.89. The van der Waals surface area contributed by atoms with E-state index in [-0.39, 0.29) is 22.9 Å². The van der Waals surface area contributed by atoms with Gasteiger partial charge in [-0.1, -0.05) is 18.2 Å². The fourth-order valence-corrected chi connectivity index (χ4v) is 4.80. The summed E-state index contributed by atoms with van der Waals surface area (Å²) in [6.07, 6.45) is 2.22. The van der Waals surface area contributed by atoms with Gasteiger partial charge in [-0.3, -0.25) is 4.79 Å². The number of hydrogen-bond acceptors (Lipinski definition) is 4. The summed E-state index contributed by atoms with van der Waals surface area (Å²) < 4.78 is 32.9. The lowest BCUT2D eigenvalue weighted by molar-refractivity contribution is 0.0654. The molecule has 1 saturated carbocycles. The van der Waals surface area contributed by atoms with Gasteiger partial charge in [0.15, 0.2) is 0 Å². The monoisotopic (exact) mass is 430 g/mol. The topological polar surface area (TPSA) is 75.7 Å². The van der Waals surface area contributed by atoms with Gasteiger partial charge < -0.3 is 9.64 Å². The van der Waals surface area contributed by atoms with Crippen LogP contribution in [0.5, 0.6) is 5.75 Å². The maximum Gasteiger partial charge on any atom is 0.254 e. The first-order valence-electron chi connectivity index (χ1n) is 10.3. The maximum atomic E-state index is 13.4. The van der Waals surface area contributed by atoms with Gasteiger partial charge in [0.05, 0.1) is 12.0 Å². The number of hydrogen-bond donors (Lipinski definition) is 1. The van der Waals surface area contributed by atoms with E-state index in [4.69, 9.17) is 4.74 Å². The number of ether oxygens (including phenoxy) is 1. The van der Waals surface area contributed by atoms with Crippen LogP contribution in [0.25, 0.3) is 0 Å². The molecular weight excluding hydrogens is 400 g/mol. The third-order valence-corrected chi connectivity index (χ3v) is 7.01. The van der Waals surface area contributed by atoms with Crippen LogP contribution in [0.2, 0.25) is 0 Å². The Morgan fingerprint density at radius 2 is 1.80 bits per heavy atom. The van der Waals surface area contributed by atoms with Crippen LogP contribution < -0.4 is 9.46 Å². The minimum absolute atomic E-state index is 0.0775. The van der Waals surface area contributed by atoms with Crippen molar-refractivity contribution in [2.45, 2.75) is 57.1 Å². The summed E-state index contributed by atoms with van der Waals surface area (Å²) in [5.74, 6) is 1.09. The Bertz CT molecular complexity index is 983. The first-order valence-corrected chi connectivity index (χ1v) is 11.8. The molecule has 1 aliphatic carbocycles. The fourth-order valence-electron chi connectivity index (χ4n) is 3.50. The van der Waals surface area contributed by atoms with E-state index in [2.05, 4.69) is 11.6 Å². The predicted molar refractivity (Wildman–Crippen MR) is 117 cm³/mol. The molecule has 1 fully saturated rings. The van der Waals surface area contributed by atoms with Crippen LogP contribution in [0, 0.1) is 5.92 Å².